The lowest BCUT2D eigenvalue weighted by molar-refractivity contribution is 0.0957. The fourth-order valence-electron chi connectivity index (χ4n) is 2.37. The maximum atomic E-state index is 14.2. The van der Waals surface area contributed by atoms with Gasteiger partial charge >= 0.3 is 0 Å². The van der Waals surface area contributed by atoms with Gasteiger partial charge < -0.3 is 5.32 Å². The summed E-state index contributed by atoms with van der Waals surface area (Å²) in [6.07, 6.45) is 0. The summed E-state index contributed by atoms with van der Waals surface area (Å²) in [6, 6.07) is 11.4. The van der Waals surface area contributed by atoms with E-state index in [1.54, 1.807) is 6.07 Å². The van der Waals surface area contributed by atoms with Gasteiger partial charge in [0.25, 0.3) is 5.91 Å². The summed E-state index contributed by atoms with van der Waals surface area (Å²) in [5.74, 6) is -2.72. The van der Waals surface area contributed by atoms with Crippen molar-refractivity contribution in [3.8, 4) is 5.69 Å². The number of carbonyl (C=O) groups is 1. The molecule has 6 nitrogen and oxygen atoms in total. The van der Waals surface area contributed by atoms with E-state index in [0.717, 1.165) is 24.3 Å². The second kappa shape index (κ2) is 6.68. The highest BCUT2D eigenvalue weighted by atomic mass is 32.2. The lowest BCUT2D eigenvalue weighted by Gasteiger charge is -2.10. The van der Waals surface area contributed by atoms with Crippen LogP contribution in [0, 0.1) is 11.6 Å². The number of nitrogens with zero attached hydrogens (tertiary/aromatic N) is 2. The Morgan fingerprint density at radius 1 is 1.04 bits per heavy atom. The first-order valence-corrected chi connectivity index (χ1v) is 8.91. The van der Waals surface area contributed by atoms with Gasteiger partial charge in [-0.05, 0) is 24.3 Å². The van der Waals surface area contributed by atoms with E-state index < -0.39 is 38.1 Å². The molecule has 0 fully saturated rings. The lowest BCUT2D eigenvalue weighted by Crippen LogP contribution is -2.18. The average molecular weight is 377 g/mol. The SMILES string of the molecule is CNC(=O)c1cc(S(=O)(=O)c2ccccc2)n(-c2c(F)cccc2F)n1. The molecule has 0 saturated carbocycles. The Morgan fingerprint density at radius 3 is 2.23 bits per heavy atom. The maximum Gasteiger partial charge on any atom is 0.271 e. The van der Waals surface area contributed by atoms with Crippen LogP contribution in [0.4, 0.5) is 8.78 Å². The van der Waals surface area contributed by atoms with Gasteiger partial charge in [0.1, 0.15) is 5.69 Å². The highest BCUT2D eigenvalue weighted by molar-refractivity contribution is 7.91. The normalized spacial score (nSPS) is 11.3. The molecule has 1 amide bonds. The molecule has 0 aliphatic heterocycles. The molecule has 0 spiro atoms. The van der Waals surface area contributed by atoms with E-state index in [1.807, 2.05) is 0 Å². The van der Waals surface area contributed by atoms with Crippen LogP contribution >= 0.6 is 0 Å². The molecule has 1 heterocycles. The predicted octanol–water partition coefficient (Wildman–Crippen LogP) is 2.34. The van der Waals surface area contributed by atoms with Crippen molar-refractivity contribution < 1.29 is 22.0 Å². The van der Waals surface area contributed by atoms with E-state index >= 15 is 0 Å². The third-order valence-electron chi connectivity index (χ3n) is 3.61. The zero-order valence-electron chi connectivity index (χ0n) is 13.5. The first kappa shape index (κ1) is 17.7. The zero-order valence-corrected chi connectivity index (χ0v) is 14.3. The topological polar surface area (TPSA) is 81.1 Å². The quantitative estimate of drug-likeness (QED) is 0.757. The van der Waals surface area contributed by atoms with Crippen molar-refractivity contribution in [1.29, 1.82) is 0 Å². The second-order valence-electron chi connectivity index (χ2n) is 5.25. The van der Waals surface area contributed by atoms with Crippen LogP contribution < -0.4 is 5.32 Å². The molecule has 2 aromatic carbocycles. The fourth-order valence-corrected chi connectivity index (χ4v) is 3.75. The van der Waals surface area contributed by atoms with E-state index in [1.165, 1.54) is 31.3 Å². The van der Waals surface area contributed by atoms with Crippen LogP contribution in [0.1, 0.15) is 10.5 Å². The molecule has 1 aromatic heterocycles. The minimum absolute atomic E-state index is 0.0960. The summed E-state index contributed by atoms with van der Waals surface area (Å²) in [6.45, 7) is 0. The van der Waals surface area contributed by atoms with Crippen LogP contribution in [-0.2, 0) is 9.84 Å². The van der Waals surface area contributed by atoms with Crippen LogP contribution in [0.2, 0.25) is 0 Å². The minimum atomic E-state index is -4.19. The number of amides is 1. The number of benzene rings is 2. The largest absolute Gasteiger partial charge is 0.354 e. The minimum Gasteiger partial charge on any atom is -0.354 e. The predicted molar refractivity (Wildman–Crippen MR) is 88.8 cm³/mol. The van der Waals surface area contributed by atoms with Crippen molar-refractivity contribution in [2.24, 2.45) is 0 Å². The number of aromatic nitrogens is 2. The summed E-state index contributed by atoms with van der Waals surface area (Å²) >= 11 is 0. The molecule has 0 unspecified atom stereocenters. The molecule has 134 valence electrons. The Balaban J connectivity index is 2.32. The van der Waals surface area contributed by atoms with Crippen molar-refractivity contribution in [2.45, 2.75) is 9.92 Å². The van der Waals surface area contributed by atoms with Gasteiger partial charge in [-0.25, -0.2) is 21.9 Å². The van der Waals surface area contributed by atoms with Gasteiger partial charge in [-0.15, -0.1) is 0 Å². The molecule has 0 aliphatic rings. The first-order chi connectivity index (χ1) is 12.4. The summed E-state index contributed by atoms with van der Waals surface area (Å²) < 4.78 is 54.9. The Morgan fingerprint density at radius 2 is 1.65 bits per heavy atom. The van der Waals surface area contributed by atoms with E-state index in [4.69, 9.17) is 0 Å². The molecule has 1 N–H and O–H groups in total. The Bertz CT molecular complexity index is 1060. The summed E-state index contributed by atoms with van der Waals surface area (Å²) in [7, 11) is -2.86. The highest BCUT2D eigenvalue weighted by Gasteiger charge is 2.28. The summed E-state index contributed by atoms with van der Waals surface area (Å²) in [5, 5.41) is 5.58. The molecule has 3 aromatic rings. The number of nitrogens with one attached hydrogen (secondary N) is 1. The number of sulfone groups is 1. The molecule has 0 atom stereocenters. The number of rotatable bonds is 4. The van der Waals surface area contributed by atoms with Crippen LogP contribution in [0.5, 0.6) is 0 Å². The van der Waals surface area contributed by atoms with Crippen molar-refractivity contribution >= 4 is 15.7 Å². The number of hydrogen-bond acceptors (Lipinski definition) is 4. The summed E-state index contributed by atoms with van der Waals surface area (Å²) in [5.41, 5.74) is -0.971. The monoisotopic (exact) mass is 377 g/mol. The van der Waals surface area contributed by atoms with Gasteiger partial charge in [0.15, 0.2) is 22.4 Å². The molecule has 26 heavy (non-hydrogen) atoms. The van der Waals surface area contributed by atoms with Gasteiger partial charge in [-0.3, -0.25) is 4.79 Å². The van der Waals surface area contributed by atoms with E-state index in [2.05, 4.69) is 10.4 Å². The van der Waals surface area contributed by atoms with Gasteiger partial charge in [0.2, 0.25) is 9.84 Å². The van der Waals surface area contributed by atoms with Crippen LogP contribution in [0.25, 0.3) is 5.69 Å². The molecule has 0 bridgehead atoms. The summed E-state index contributed by atoms with van der Waals surface area (Å²) in [4.78, 5) is 11.8. The van der Waals surface area contributed by atoms with E-state index in [0.29, 0.717) is 4.68 Å². The van der Waals surface area contributed by atoms with Crippen molar-refractivity contribution in [3.05, 3.63) is 71.9 Å². The van der Waals surface area contributed by atoms with Gasteiger partial charge in [-0.1, -0.05) is 24.3 Å². The Kier molecular flexibility index (Phi) is 4.56. The van der Waals surface area contributed by atoms with Crippen LogP contribution in [0.15, 0.2) is 64.5 Å². The molecule has 0 radical (unpaired) electrons. The standard InChI is InChI=1S/C17H13F2N3O3S/c1-20-17(23)14-10-15(26(24,25)11-6-3-2-4-7-11)22(21-14)16-12(18)8-5-9-13(16)19/h2-10H,1H3,(H,20,23). The van der Waals surface area contributed by atoms with Crippen LogP contribution in [-0.4, -0.2) is 31.2 Å². The average Bonchev–Trinajstić information content (AvgIpc) is 3.07. The molecule has 0 aliphatic carbocycles. The number of halogens is 2. The fraction of sp³-hybridized carbons (Fsp3) is 0.0588. The van der Waals surface area contributed by atoms with Gasteiger partial charge in [-0.2, -0.15) is 5.10 Å². The highest BCUT2D eigenvalue weighted by Crippen LogP contribution is 2.27. The molecular weight excluding hydrogens is 364 g/mol. The van der Waals surface area contributed by atoms with Crippen molar-refractivity contribution in [1.82, 2.24) is 15.1 Å². The number of carbonyl (C=O) groups excluding carboxylic acids is 1. The van der Waals surface area contributed by atoms with Crippen LogP contribution in [0.3, 0.4) is 0 Å². The first-order valence-electron chi connectivity index (χ1n) is 7.43. The van der Waals surface area contributed by atoms with Gasteiger partial charge in [0.05, 0.1) is 4.90 Å². The third kappa shape index (κ3) is 2.97. The second-order valence-corrected chi connectivity index (χ2v) is 7.14. The van der Waals surface area contributed by atoms with Crippen molar-refractivity contribution in [3.63, 3.8) is 0 Å². The third-order valence-corrected chi connectivity index (χ3v) is 5.35. The number of hydrogen-bond donors (Lipinski definition) is 1. The molecule has 3 rings (SSSR count). The maximum absolute atomic E-state index is 14.2. The molecular formula is C17H13F2N3O3S. The Labute approximate surface area is 148 Å². The lowest BCUT2D eigenvalue weighted by atomic mass is 10.3. The van der Waals surface area contributed by atoms with Crippen molar-refractivity contribution in [2.75, 3.05) is 7.05 Å². The van der Waals surface area contributed by atoms with E-state index in [9.17, 15) is 22.0 Å². The zero-order chi connectivity index (χ0) is 18.9. The van der Waals surface area contributed by atoms with E-state index in [-0.39, 0.29) is 10.6 Å². The molecule has 9 heteroatoms. The smallest absolute Gasteiger partial charge is 0.271 e. The Hall–Kier alpha value is -3.07. The molecule has 0 saturated heterocycles. The number of para-hydroxylation sites is 1. The van der Waals surface area contributed by atoms with Gasteiger partial charge in [0, 0.05) is 13.1 Å².